The van der Waals surface area contributed by atoms with E-state index in [0.29, 0.717) is 16.7 Å². The van der Waals surface area contributed by atoms with Crippen LogP contribution in [0.3, 0.4) is 0 Å². The van der Waals surface area contributed by atoms with Gasteiger partial charge >= 0.3 is 0 Å². The van der Waals surface area contributed by atoms with Gasteiger partial charge in [0, 0.05) is 12.6 Å². The van der Waals surface area contributed by atoms with Crippen LogP contribution in [-0.2, 0) is 6.42 Å². The summed E-state index contributed by atoms with van der Waals surface area (Å²) in [5, 5.41) is 14.8. The first-order valence-electron chi connectivity index (χ1n) is 6.51. The van der Waals surface area contributed by atoms with Crippen LogP contribution in [-0.4, -0.2) is 23.6 Å². The number of ether oxygens (including phenoxy) is 1. The fraction of sp³-hybridized carbons (Fsp3) is 0.357. The second-order valence-corrected chi connectivity index (χ2v) is 4.32. The SMILES string of the molecule is CCNc1nc2c(OC)ccc([N+](=O)[O-])c2cc1CC. The molecule has 6 nitrogen and oxygen atoms in total. The number of hydrogen-bond donors (Lipinski definition) is 1. The molecule has 2 rings (SSSR count). The molecule has 0 radical (unpaired) electrons. The number of non-ortho nitro benzene ring substituents is 1. The van der Waals surface area contributed by atoms with Crippen molar-refractivity contribution in [3.8, 4) is 5.75 Å². The van der Waals surface area contributed by atoms with Gasteiger partial charge in [0.15, 0.2) is 0 Å². The first kappa shape index (κ1) is 14.0. The fourth-order valence-electron chi connectivity index (χ4n) is 2.18. The summed E-state index contributed by atoms with van der Waals surface area (Å²) < 4.78 is 5.26. The standard InChI is InChI=1S/C14H17N3O3/c1-4-9-8-10-11(17(18)19)6-7-12(20-3)13(10)16-14(9)15-5-2/h6-8H,4-5H2,1-3H3,(H,15,16). The minimum absolute atomic E-state index is 0.0473. The third kappa shape index (κ3) is 2.36. The molecule has 1 aromatic carbocycles. The summed E-state index contributed by atoms with van der Waals surface area (Å²) >= 11 is 0. The molecule has 2 aromatic rings. The highest BCUT2D eigenvalue weighted by Crippen LogP contribution is 2.34. The number of nitrogens with zero attached hydrogens (tertiary/aromatic N) is 2. The molecule has 0 atom stereocenters. The van der Waals surface area contributed by atoms with Crippen LogP contribution in [0.15, 0.2) is 18.2 Å². The lowest BCUT2D eigenvalue weighted by molar-refractivity contribution is -0.383. The maximum atomic E-state index is 11.1. The number of hydrogen-bond acceptors (Lipinski definition) is 5. The lowest BCUT2D eigenvalue weighted by atomic mass is 10.1. The Bertz CT molecular complexity index is 656. The molecule has 0 unspecified atom stereocenters. The van der Waals surface area contributed by atoms with Gasteiger partial charge in [0.25, 0.3) is 5.69 Å². The van der Waals surface area contributed by atoms with Gasteiger partial charge in [0.05, 0.1) is 17.4 Å². The summed E-state index contributed by atoms with van der Waals surface area (Å²) in [6.45, 7) is 4.72. The van der Waals surface area contributed by atoms with Crippen molar-refractivity contribution < 1.29 is 9.66 Å². The van der Waals surface area contributed by atoms with Gasteiger partial charge in [-0.25, -0.2) is 4.98 Å². The molecule has 1 N–H and O–H groups in total. The monoisotopic (exact) mass is 275 g/mol. The van der Waals surface area contributed by atoms with Crippen LogP contribution in [0.25, 0.3) is 10.9 Å². The Morgan fingerprint density at radius 1 is 1.40 bits per heavy atom. The highest BCUT2D eigenvalue weighted by molar-refractivity contribution is 5.94. The summed E-state index contributed by atoms with van der Waals surface area (Å²) in [4.78, 5) is 15.3. The Kier molecular flexibility index (Phi) is 4.02. The van der Waals surface area contributed by atoms with Crippen molar-refractivity contribution in [1.82, 2.24) is 4.98 Å². The maximum Gasteiger partial charge on any atom is 0.279 e. The zero-order valence-electron chi connectivity index (χ0n) is 11.8. The Morgan fingerprint density at radius 2 is 2.15 bits per heavy atom. The number of nitro groups is 1. The molecule has 1 aromatic heterocycles. The number of anilines is 1. The second kappa shape index (κ2) is 5.73. The summed E-state index contributed by atoms with van der Waals surface area (Å²) in [7, 11) is 1.53. The number of pyridine rings is 1. The molecule has 6 heteroatoms. The van der Waals surface area contributed by atoms with Crippen LogP contribution in [0.1, 0.15) is 19.4 Å². The molecule has 0 saturated carbocycles. The quantitative estimate of drug-likeness (QED) is 0.670. The van der Waals surface area contributed by atoms with Crippen molar-refractivity contribution in [2.45, 2.75) is 20.3 Å². The number of fused-ring (bicyclic) bond motifs is 1. The minimum atomic E-state index is -0.393. The topological polar surface area (TPSA) is 77.3 Å². The van der Waals surface area contributed by atoms with E-state index in [4.69, 9.17) is 4.74 Å². The highest BCUT2D eigenvalue weighted by atomic mass is 16.6. The van der Waals surface area contributed by atoms with E-state index in [1.54, 1.807) is 6.07 Å². The van der Waals surface area contributed by atoms with Crippen molar-refractivity contribution in [1.29, 1.82) is 0 Å². The Labute approximate surface area is 116 Å². The molecule has 0 aliphatic rings. The zero-order valence-corrected chi connectivity index (χ0v) is 11.8. The van der Waals surface area contributed by atoms with E-state index in [0.717, 1.165) is 24.3 Å². The third-order valence-electron chi connectivity index (χ3n) is 3.15. The van der Waals surface area contributed by atoms with E-state index in [9.17, 15) is 10.1 Å². The number of aryl methyl sites for hydroxylation is 1. The van der Waals surface area contributed by atoms with Crippen molar-refractivity contribution in [3.05, 3.63) is 33.9 Å². The van der Waals surface area contributed by atoms with Crippen LogP contribution in [0.4, 0.5) is 11.5 Å². The van der Waals surface area contributed by atoms with Gasteiger partial charge in [0.1, 0.15) is 17.1 Å². The molecule has 0 fully saturated rings. The lowest BCUT2D eigenvalue weighted by Crippen LogP contribution is -2.04. The Hall–Kier alpha value is -2.37. The normalized spacial score (nSPS) is 10.6. The summed E-state index contributed by atoms with van der Waals surface area (Å²) in [5.41, 5.74) is 1.51. The summed E-state index contributed by atoms with van der Waals surface area (Å²) in [6, 6.07) is 4.85. The molecule has 1 heterocycles. The zero-order chi connectivity index (χ0) is 14.7. The molecule has 0 saturated heterocycles. The molecular formula is C14H17N3O3. The average molecular weight is 275 g/mol. The maximum absolute atomic E-state index is 11.1. The molecule has 0 aliphatic heterocycles. The molecule has 20 heavy (non-hydrogen) atoms. The van der Waals surface area contributed by atoms with Crippen LogP contribution in [0.2, 0.25) is 0 Å². The third-order valence-corrected chi connectivity index (χ3v) is 3.15. The van der Waals surface area contributed by atoms with Gasteiger partial charge in [-0.1, -0.05) is 6.92 Å². The van der Waals surface area contributed by atoms with Gasteiger partial charge in [-0.15, -0.1) is 0 Å². The number of aromatic nitrogens is 1. The molecule has 0 bridgehead atoms. The van der Waals surface area contributed by atoms with Gasteiger partial charge < -0.3 is 10.1 Å². The number of methoxy groups -OCH3 is 1. The lowest BCUT2D eigenvalue weighted by Gasteiger charge is -2.12. The predicted octanol–water partition coefficient (Wildman–Crippen LogP) is 3.15. The molecule has 0 spiro atoms. The van der Waals surface area contributed by atoms with E-state index >= 15 is 0 Å². The van der Waals surface area contributed by atoms with Crippen molar-refractivity contribution >= 4 is 22.4 Å². The van der Waals surface area contributed by atoms with E-state index < -0.39 is 4.92 Å². The smallest absolute Gasteiger partial charge is 0.279 e. The van der Waals surface area contributed by atoms with E-state index in [2.05, 4.69) is 10.3 Å². The van der Waals surface area contributed by atoms with Gasteiger partial charge in [-0.3, -0.25) is 10.1 Å². The predicted molar refractivity (Wildman–Crippen MR) is 78.5 cm³/mol. The Morgan fingerprint density at radius 3 is 2.70 bits per heavy atom. The van der Waals surface area contributed by atoms with Crippen LogP contribution < -0.4 is 10.1 Å². The van der Waals surface area contributed by atoms with Crippen molar-refractivity contribution in [2.75, 3.05) is 19.0 Å². The number of benzene rings is 1. The number of nitrogens with one attached hydrogen (secondary N) is 1. The Balaban J connectivity index is 2.80. The first-order valence-corrected chi connectivity index (χ1v) is 6.51. The molecule has 106 valence electrons. The second-order valence-electron chi connectivity index (χ2n) is 4.32. The number of rotatable bonds is 5. The molecule has 0 amide bonds. The summed E-state index contributed by atoms with van der Waals surface area (Å²) in [6.07, 6.45) is 0.750. The fourth-order valence-corrected chi connectivity index (χ4v) is 2.18. The van der Waals surface area contributed by atoms with Gasteiger partial charge in [-0.05, 0) is 31.0 Å². The van der Waals surface area contributed by atoms with Gasteiger partial charge in [-0.2, -0.15) is 0 Å². The van der Waals surface area contributed by atoms with Crippen LogP contribution in [0.5, 0.6) is 5.75 Å². The molecule has 0 aliphatic carbocycles. The van der Waals surface area contributed by atoms with Gasteiger partial charge in [0.2, 0.25) is 0 Å². The minimum Gasteiger partial charge on any atom is -0.494 e. The van der Waals surface area contributed by atoms with Crippen molar-refractivity contribution in [2.24, 2.45) is 0 Å². The van der Waals surface area contributed by atoms with Crippen LogP contribution in [0, 0.1) is 10.1 Å². The van der Waals surface area contributed by atoms with E-state index in [1.165, 1.54) is 13.2 Å². The highest BCUT2D eigenvalue weighted by Gasteiger charge is 2.18. The number of nitro benzene ring substituents is 1. The molecular weight excluding hydrogens is 258 g/mol. The van der Waals surface area contributed by atoms with E-state index in [-0.39, 0.29) is 5.69 Å². The largest absolute Gasteiger partial charge is 0.494 e. The summed E-state index contributed by atoms with van der Waals surface area (Å²) in [5.74, 6) is 1.29. The van der Waals surface area contributed by atoms with E-state index in [1.807, 2.05) is 19.9 Å². The first-order chi connectivity index (χ1) is 9.62. The van der Waals surface area contributed by atoms with Crippen LogP contribution >= 0.6 is 0 Å². The van der Waals surface area contributed by atoms with Crippen molar-refractivity contribution in [3.63, 3.8) is 0 Å². The average Bonchev–Trinajstić information content (AvgIpc) is 2.45.